The monoisotopic (exact) mass is 409 g/mol. The molecule has 0 radical (unpaired) electrons. The normalized spacial score (nSPS) is 11.5. The Bertz CT molecular complexity index is 1020. The summed E-state index contributed by atoms with van der Waals surface area (Å²) in [4.78, 5) is 21.3. The molecule has 1 amide bonds. The van der Waals surface area contributed by atoms with Crippen LogP contribution in [0.3, 0.4) is 0 Å². The van der Waals surface area contributed by atoms with Gasteiger partial charge in [-0.15, -0.1) is 0 Å². The molecule has 3 rings (SSSR count). The second kappa shape index (κ2) is 9.91. The fraction of sp³-hybridized carbons (Fsp3) is 0.304. The molecule has 3 N–H and O–H groups in total. The Hall–Kier alpha value is -3.35. The van der Waals surface area contributed by atoms with Crippen molar-refractivity contribution < 1.29 is 9.18 Å². The van der Waals surface area contributed by atoms with Gasteiger partial charge in [0, 0.05) is 49.8 Å². The molecule has 0 saturated carbocycles. The molecule has 0 fully saturated rings. The van der Waals surface area contributed by atoms with Crippen LogP contribution in [0.5, 0.6) is 0 Å². The minimum Gasteiger partial charge on any atom is -0.361 e. The van der Waals surface area contributed by atoms with Gasteiger partial charge in [-0.2, -0.15) is 0 Å². The number of amides is 1. The number of benzene rings is 2. The molecule has 0 atom stereocenters. The van der Waals surface area contributed by atoms with Crippen molar-refractivity contribution in [1.29, 1.82) is 0 Å². The minimum atomic E-state index is -0.241. The summed E-state index contributed by atoms with van der Waals surface area (Å²) >= 11 is 0. The lowest BCUT2D eigenvalue weighted by atomic mass is 10.1. The lowest BCUT2D eigenvalue weighted by molar-refractivity contribution is 0.0827. The molecule has 0 bridgehead atoms. The number of halogens is 1. The van der Waals surface area contributed by atoms with Gasteiger partial charge in [-0.05, 0) is 54.8 Å². The molecule has 0 aliphatic heterocycles. The van der Waals surface area contributed by atoms with Crippen molar-refractivity contribution in [3.63, 3.8) is 0 Å². The number of guanidine groups is 1. The van der Waals surface area contributed by atoms with Gasteiger partial charge in [0.05, 0.1) is 6.54 Å². The van der Waals surface area contributed by atoms with E-state index in [0.29, 0.717) is 18.7 Å². The maximum atomic E-state index is 13.3. The van der Waals surface area contributed by atoms with Crippen molar-refractivity contribution in [3.05, 3.63) is 71.2 Å². The molecule has 6 nitrogen and oxygen atoms in total. The summed E-state index contributed by atoms with van der Waals surface area (Å²) in [5.41, 5.74) is 3.63. The van der Waals surface area contributed by atoms with Crippen LogP contribution in [0.15, 0.2) is 53.7 Å². The number of aliphatic imine (C=N–C) groups is 1. The number of nitrogens with zero attached hydrogens (tertiary/aromatic N) is 2. The average molecular weight is 410 g/mol. The first kappa shape index (κ1) is 21.4. The Kier molecular flexibility index (Phi) is 7.06. The van der Waals surface area contributed by atoms with Crippen LogP contribution in [0.2, 0.25) is 0 Å². The molecule has 1 heterocycles. The predicted molar refractivity (Wildman–Crippen MR) is 119 cm³/mol. The summed E-state index contributed by atoms with van der Waals surface area (Å²) in [6.07, 6.45) is 2.71. The highest BCUT2D eigenvalue weighted by Crippen LogP contribution is 2.19. The van der Waals surface area contributed by atoms with Gasteiger partial charge in [-0.3, -0.25) is 4.79 Å². The van der Waals surface area contributed by atoms with Gasteiger partial charge in [0.1, 0.15) is 5.82 Å². The van der Waals surface area contributed by atoms with Crippen LogP contribution in [-0.2, 0) is 13.0 Å². The summed E-state index contributed by atoms with van der Waals surface area (Å²) in [5, 5.41) is 7.62. The third kappa shape index (κ3) is 5.37. The first-order valence-corrected chi connectivity index (χ1v) is 10.1. The molecule has 1 aromatic heterocycles. The van der Waals surface area contributed by atoms with Gasteiger partial charge < -0.3 is 20.5 Å². The smallest absolute Gasteiger partial charge is 0.253 e. The van der Waals surface area contributed by atoms with Crippen LogP contribution in [0.25, 0.3) is 10.9 Å². The summed E-state index contributed by atoms with van der Waals surface area (Å²) in [6, 6.07) is 12.3. The van der Waals surface area contributed by atoms with Crippen LogP contribution in [-0.4, -0.2) is 48.9 Å². The van der Waals surface area contributed by atoms with Crippen molar-refractivity contribution in [1.82, 2.24) is 20.5 Å². The number of hydrogen-bond acceptors (Lipinski definition) is 2. The van der Waals surface area contributed by atoms with Crippen molar-refractivity contribution in [2.45, 2.75) is 19.9 Å². The van der Waals surface area contributed by atoms with Gasteiger partial charge in [0.2, 0.25) is 0 Å². The molecule has 30 heavy (non-hydrogen) atoms. The van der Waals surface area contributed by atoms with E-state index in [-0.39, 0.29) is 11.7 Å². The van der Waals surface area contributed by atoms with E-state index in [1.54, 1.807) is 25.1 Å². The van der Waals surface area contributed by atoms with Crippen molar-refractivity contribution in [3.8, 4) is 0 Å². The third-order valence-corrected chi connectivity index (χ3v) is 4.79. The minimum absolute atomic E-state index is 0.0138. The fourth-order valence-electron chi connectivity index (χ4n) is 3.20. The predicted octanol–water partition coefficient (Wildman–Crippen LogP) is 3.31. The lowest BCUT2D eigenvalue weighted by Crippen LogP contribution is -2.38. The molecule has 0 aliphatic carbocycles. The molecule has 0 unspecified atom stereocenters. The maximum absolute atomic E-state index is 13.3. The molecule has 0 saturated heterocycles. The SMILES string of the molecule is CCNC(=NCc1ccc(C(=O)N(C)C)cc1)NCCc1c[nH]c2cc(F)ccc12. The van der Waals surface area contributed by atoms with E-state index in [2.05, 4.69) is 20.6 Å². The summed E-state index contributed by atoms with van der Waals surface area (Å²) < 4.78 is 13.3. The van der Waals surface area contributed by atoms with Gasteiger partial charge in [0.15, 0.2) is 5.96 Å². The highest BCUT2D eigenvalue weighted by molar-refractivity contribution is 5.93. The second-order valence-electron chi connectivity index (χ2n) is 7.27. The average Bonchev–Trinajstić information content (AvgIpc) is 3.13. The van der Waals surface area contributed by atoms with E-state index in [1.807, 2.05) is 37.4 Å². The number of carbonyl (C=O) groups is 1. The number of rotatable bonds is 7. The summed E-state index contributed by atoms with van der Waals surface area (Å²) in [6.45, 7) is 3.99. The molecular weight excluding hydrogens is 381 g/mol. The third-order valence-electron chi connectivity index (χ3n) is 4.79. The van der Waals surface area contributed by atoms with Crippen LogP contribution in [0.1, 0.15) is 28.4 Å². The highest BCUT2D eigenvalue weighted by Gasteiger charge is 2.08. The first-order valence-electron chi connectivity index (χ1n) is 10.1. The lowest BCUT2D eigenvalue weighted by Gasteiger charge is -2.12. The van der Waals surface area contributed by atoms with E-state index in [9.17, 15) is 9.18 Å². The van der Waals surface area contributed by atoms with Crippen molar-refractivity contribution >= 4 is 22.8 Å². The molecule has 0 spiro atoms. The van der Waals surface area contributed by atoms with E-state index in [4.69, 9.17) is 0 Å². The number of aromatic amines is 1. The summed E-state index contributed by atoms with van der Waals surface area (Å²) in [5.74, 6) is 0.478. The number of hydrogen-bond donors (Lipinski definition) is 3. The van der Waals surface area contributed by atoms with Crippen LogP contribution in [0.4, 0.5) is 4.39 Å². The molecule has 3 aromatic rings. The van der Waals surface area contributed by atoms with Crippen LogP contribution >= 0.6 is 0 Å². The van der Waals surface area contributed by atoms with Gasteiger partial charge >= 0.3 is 0 Å². The number of carbonyl (C=O) groups excluding carboxylic acids is 1. The molecule has 158 valence electrons. The zero-order valence-electron chi connectivity index (χ0n) is 17.6. The Morgan fingerprint density at radius 1 is 1.13 bits per heavy atom. The fourth-order valence-corrected chi connectivity index (χ4v) is 3.20. The number of H-pyrrole nitrogens is 1. The largest absolute Gasteiger partial charge is 0.361 e. The van der Waals surface area contributed by atoms with Crippen LogP contribution in [0, 0.1) is 5.82 Å². The number of nitrogens with one attached hydrogen (secondary N) is 3. The molecular formula is C23H28FN5O. The van der Waals surface area contributed by atoms with Gasteiger partial charge in [-0.1, -0.05) is 12.1 Å². The van der Waals surface area contributed by atoms with Crippen LogP contribution < -0.4 is 10.6 Å². The quantitative estimate of drug-likeness (QED) is 0.414. The Balaban J connectivity index is 1.58. The zero-order chi connectivity index (χ0) is 21.5. The number of fused-ring (bicyclic) bond motifs is 1. The van der Waals surface area contributed by atoms with Gasteiger partial charge in [0.25, 0.3) is 5.91 Å². The van der Waals surface area contributed by atoms with E-state index in [1.165, 1.54) is 12.1 Å². The Labute approximate surface area is 176 Å². The Morgan fingerprint density at radius 3 is 2.60 bits per heavy atom. The molecule has 2 aromatic carbocycles. The first-order chi connectivity index (χ1) is 14.5. The topological polar surface area (TPSA) is 72.5 Å². The van der Waals surface area contributed by atoms with E-state index < -0.39 is 0 Å². The van der Waals surface area contributed by atoms with E-state index in [0.717, 1.165) is 41.0 Å². The molecule has 7 heteroatoms. The number of aromatic nitrogens is 1. The summed E-state index contributed by atoms with van der Waals surface area (Å²) in [7, 11) is 3.48. The maximum Gasteiger partial charge on any atom is 0.253 e. The molecule has 0 aliphatic rings. The van der Waals surface area contributed by atoms with Crippen molar-refractivity contribution in [2.24, 2.45) is 4.99 Å². The highest BCUT2D eigenvalue weighted by atomic mass is 19.1. The zero-order valence-corrected chi connectivity index (χ0v) is 17.6. The van der Waals surface area contributed by atoms with Crippen molar-refractivity contribution in [2.75, 3.05) is 27.2 Å². The standard InChI is InChI=1S/C23H28FN5O/c1-4-25-23(28-14-16-5-7-17(8-6-16)22(30)29(2)3)26-12-11-18-15-27-21-13-19(24)9-10-20(18)21/h5-10,13,15,27H,4,11-12,14H2,1-3H3,(H2,25,26,28). The van der Waals surface area contributed by atoms with E-state index >= 15 is 0 Å². The second-order valence-corrected chi connectivity index (χ2v) is 7.27. The Morgan fingerprint density at radius 2 is 1.90 bits per heavy atom. The van der Waals surface area contributed by atoms with Gasteiger partial charge in [-0.25, -0.2) is 9.38 Å².